The molecule has 0 amide bonds. The molecular formula is C6H13NO4. The van der Waals surface area contributed by atoms with Gasteiger partial charge in [0, 0.05) is 0 Å². The van der Waals surface area contributed by atoms with Crippen LogP contribution in [0.25, 0.3) is 0 Å². The molecule has 0 rings (SSSR count). The minimum atomic E-state index is -1.26. The van der Waals surface area contributed by atoms with Gasteiger partial charge in [-0.1, -0.05) is 12.1 Å². The van der Waals surface area contributed by atoms with Gasteiger partial charge in [0.1, 0.15) is 12.1 Å². The molecule has 0 saturated heterocycles. The Labute approximate surface area is 64.6 Å². The summed E-state index contributed by atoms with van der Waals surface area (Å²) >= 11 is 0. The third-order valence-electron chi connectivity index (χ3n) is 1.52. The number of nitroso groups, excluding NO2 is 1. The number of rotatable bonds is 5. The van der Waals surface area contributed by atoms with Crippen molar-refractivity contribution in [1.82, 2.24) is 0 Å². The van der Waals surface area contributed by atoms with Crippen molar-refractivity contribution in [2.45, 2.75) is 31.6 Å². The first kappa shape index (κ1) is 10.5. The molecule has 0 bridgehead atoms. The van der Waals surface area contributed by atoms with Gasteiger partial charge < -0.3 is 15.3 Å². The average molecular weight is 163 g/mol. The number of hydrogen-bond donors (Lipinski definition) is 3. The van der Waals surface area contributed by atoms with Crippen LogP contribution in [-0.2, 0) is 0 Å². The Morgan fingerprint density at radius 2 is 1.91 bits per heavy atom. The van der Waals surface area contributed by atoms with Gasteiger partial charge in [-0.15, -0.1) is 0 Å². The zero-order valence-corrected chi connectivity index (χ0v) is 6.34. The van der Waals surface area contributed by atoms with Crippen LogP contribution in [0.15, 0.2) is 5.18 Å². The summed E-state index contributed by atoms with van der Waals surface area (Å²) in [7, 11) is 0. The van der Waals surface area contributed by atoms with Crippen molar-refractivity contribution in [3.8, 4) is 0 Å². The lowest BCUT2D eigenvalue weighted by Crippen LogP contribution is -2.37. The fourth-order valence-electron chi connectivity index (χ4n) is 0.746. The number of aliphatic hydroxyl groups excluding tert-OH is 3. The summed E-state index contributed by atoms with van der Waals surface area (Å²) in [6, 6.07) is -1.12. The minimum absolute atomic E-state index is 0.327. The normalized spacial score (nSPS) is 18.9. The van der Waals surface area contributed by atoms with E-state index in [1.165, 1.54) is 0 Å². The molecule has 11 heavy (non-hydrogen) atoms. The van der Waals surface area contributed by atoms with E-state index in [1.807, 2.05) is 0 Å². The number of nitrogens with zero attached hydrogens (tertiary/aromatic N) is 1. The lowest BCUT2D eigenvalue weighted by molar-refractivity contribution is 0.0206. The third-order valence-corrected chi connectivity index (χ3v) is 1.52. The molecule has 0 spiro atoms. The van der Waals surface area contributed by atoms with Crippen LogP contribution in [0, 0.1) is 4.91 Å². The smallest absolute Gasteiger partial charge is 0.146 e. The van der Waals surface area contributed by atoms with E-state index in [9.17, 15) is 4.91 Å². The van der Waals surface area contributed by atoms with E-state index in [0.717, 1.165) is 0 Å². The highest BCUT2D eigenvalue weighted by atomic mass is 16.3. The predicted molar refractivity (Wildman–Crippen MR) is 39.0 cm³/mol. The van der Waals surface area contributed by atoms with Crippen LogP contribution in [0.5, 0.6) is 0 Å². The monoisotopic (exact) mass is 163 g/mol. The van der Waals surface area contributed by atoms with E-state index < -0.39 is 24.9 Å². The first-order valence-electron chi connectivity index (χ1n) is 3.46. The van der Waals surface area contributed by atoms with Crippen LogP contribution >= 0.6 is 0 Å². The second kappa shape index (κ2) is 5.17. The first-order valence-corrected chi connectivity index (χ1v) is 3.46. The van der Waals surface area contributed by atoms with Gasteiger partial charge >= 0.3 is 0 Å². The largest absolute Gasteiger partial charge is 0.394 e. The van der Waals surface area contributed by atoms with Crippen molar-refractivity contribution >= 4 is 0 Å². The van der Waals surface area contributed by atoms with Crippen LogP contribution in [0.1, 0.15) is 13.3 Å². The van der Waals surface area contributed by atoms with E-state index in [4.69, 9.17) is 15.3 Å². The van der Waals surface area contributed by atoms with Gasteiger partial charge in [-0.2, -0.15) is 4.91 Å². The number of hydrogen-bond acceptors (Lipinski definition) is 5. The molecule has 5 nitrogen and oxygen atoms in total. The van der Waals surface area contributed by atoms with Crippen molar-refractivity contribution in [2.24, 2.45) is 5.18 Å². The summed E-state index contributed by atoms with van der Waals surface area (Å²) in [6.07, 6.45) is -1.91. The van der Waals surface area contributed by atoms with Crippen molar-refractivity contribution in [2.75, 3.05) is 6.61 Å². The minimum Gasteiger partial charge on any atom is -0.394 e. The predicted octanol–water partition coefficient (Wildman–Crippen LogP) is -0.755. The fourth-order valence-corrected chi connectivity index (χ4v) is 0.746. The van der Waals surface area contributed by atoms with E-state index in [-0.39, 0.29) is 0 Å². The SMILES string of the molecule is CCC(O)[C@H](N=O)C(O)CO. The standard InChI is InChI=1S/C6H13NO4/c1-2-4(9)6(7-11)5(10)3-8/h4-6,8-10H,2-3H2,1H3/t4?,5?,6-/m0/s1. The number of aliphatic hydroxyl groups is 3. The van der Waals surface area contributed by atoms with Crippen LogP contribution in [0.4, 0.5) is 0 Å². The molecule has 0 radical (unpaired) electrons. The van der Waals surface area contributed by atoms with Gasteiger partial charge in [-0.05, 0) is 6.42 Å². The molecule has 3 atom stereocenters. The lowest BCUT2D eigenvalue weighted by atomic mass is 10.0. The van der Waals surface area contributed by atoms with E-state index >= 15 is 0 Å². The Hall–Kier alpha value is -0.520. The van der Waals surface area contributed by atoms with E-state index in [0.29, 0.717) is 6.42 Å². The molecule has 0 saturated carbocycles. The molecular weight excluding hydrogens is 150 g/mol. The molecule has 3 N–H and O–H groups in total. The highest BCUT2D eigenvalue weighted by molar-refractivity contribution is 4.80. The topological polar surface area (TPSA) is 90.1 Å². The molecule has 0 heterocycles. The Bertz CT molecular complexity index is 109. The van der Waals surface area contributed by atoms with Crippen LogP contribution in [-0.4, -0.2) is 40.2 Å². The van der Waals surface area contributed by atoms with Gasteiger partial charge in [0.05, 0.1) is 12.7 Å². The molecule has 0 aliphatic heterocycles. The van der Waals surface area contributed by atoms with Crippen LogP contribution < -0.4 is 0 Å². The van der Waals surface area contributed by atoms with E-state index in [1.54, 1.807) is 6.92 Å². The summed E-state index contributed by atoms with van der Waals surface area (Å²) < 4.78 is 0. The van der Waals surface area contributed by atoms with Gasteiger partial charge in [-0.25, -0.2) is 0 Å². The fraction of sp³-hybridized carbons (Fsp3) is 1.00. The summed E-state index contributed by atoms with van der Waals surface area (Å²) in [5, 5.41) is 28.9. The Kier molecular flexibility index (Phi) is 4.93. The van der Waals surface area contributed by atoms with Gasteiger partial charge in [0.2, 0.25) is 0 Å². The Morgan fingerprint density at radius 1 is 1.36 bits per heavy atom. The zero-order valence-electron chi connectivity index (χ0n) is 6.34. The third kappa shape index (κ3) is 2.92. The van der Waals surface area contributed by atoms with Gasteiger partial charge in [0.25, 0.3) is 0 Å². The molecule has 5 heteroatoms. The maximum absolute atomic E-state index is 10.0. The second-order valence-electron chi connectivity index (χ2n) is 2.32. The van der Waals surface area contributed by atoms with Crippen LogP contribution in [0.2, 0.25) is 0 Å². The molecule has 0 fully saturated rings. The Balaban J connectivity index is 4.03. The van der Waals surface area contributed by atoms with Crippen LogP contribution in [0.3, 0.4) is 0 Å². The molecule has 0 aromatic heterocycles. The average Bonchev–Trinajstić information content (AvgIpc) is 2.05. The quantitative estimate of drug-likeness (QED) is 0.465. The maximum Gasteiger partial charge on any atom is 0.146 e. The van der Waals surface area contributed by atoms with Crippen molar-refractivity contribution in [3.05, 3.63) is 4.91 Å². The molecule has 0 aliphatic carbocycles. The molecule has 66 valence electrons. The molecule has 0 aromatic rings. The first-order chi connectivity index (χ1) is 5.17. The Morgan fingerprint density at radius 3 is 2.18 bits per heavy atom. The highest BCUT2D eigenvalue weighted by Crippen LogP contribution is 2.07. The second-order valence-corrected chi connectivity index (χ2v) is 2.32. The van der Waals surface area contributed by atoms with Gasteiger partial charge in [-0.3, -0.25) is 0 Å². The summed E-state index contributed by atoms with van der Waals surface area (Å²) in [5.74, 6) is 0. The van der Waals surface area contributed by atoms with Crippen molar-refractivity contribution in [1.29, 1.82) is 0 Å². The van der Waals surface area contributed by atoms with E-state index in [2.05, 4.69) is 5.18 Å². The summed E-state index contributed by atoms with van der Waals surface area (Å²) in [4.78, 5) is 10.0. The summed E-state index contributed by atoms with van der Waals surface area (Å²) in [5.41, 5.74) is 0. The molecule has 0 aliphatic rings. The van der Waals surface area contributed by atoms with Crippen molar-refractivity contribution in [3.63, 3.8) is 0 Å². The summed E-state index contributed by atoms with van der Waals surface area (Å²) in [6.45, 7) is 1.10. The van der Waals surface area contributed by atoms with Crippen molar-refractivity contribution < 1.29 is 15.3 Å². The molecule has 0 aromatic carbocycles. The zero-order chi connectivity index (χ0) is 8.85. The maximum atomic E-state index is 10.0. The molecule has 2 unspecified atom stereocenters. The highest BCUT2D eigenvalue weighted by Gasteiger charge is 2.25. The van der Waals surface area contributed by atoms with Gasteiger partial charge in [0.15, 0.2) is 0 Å². The lowest BCUT2D eigenvalue weighted by Gasteiger charge is -2.18.